The number of amides is 2. The predicted molar refractivity (Wildman–Crippen MR) is 85.1 cm³/mol. The minimum absolute atomic E-state index is 0.0237. The average Bonchev–Trinajstić information content (AvgIpc) is 2.89. The van der Waals surface area contributed by atoms with Crippen molar-refractivity contribution in [2.24, 2.45) is 21.9 Å². The predicted octanol–water partition coefficient (Wildman–Crippen LogP) is 0.280. The van der Waals surface area contributed by atoms with Crippen LogP contribution in [0.5, 0.6) is 0 Å². The quantitative estimate of drug-likeness (QED) is 0.537. The zero-order chi connectivity index (χ0) is 17.4. The number of benzene rings is 1. The fourth-order valence-electron chi connectivity index (χ4n) is 2.48. The van der Waals surface area contributed by atoms with E-state index in [-0.39, 0.29) is 22.8 Å². The summed E-state index contributed by atoms with van der Waals surface area (Å²) in [7, 11) is 0. The lowest BCUT2D eigenvalue weighted by atomic mass is 9.90. The summed E-state index contributed by atoms with van der Waals surface area (Å²) in [6, 6.07) is 5.37. The van der Waals surface area contributed by atoms with Gasteiger partial charge in [-0.05, 0) is 19.1 Å². The molecule has 24 heavy (non-hydrogen) atoms. The first-order valence-electron chi connectivity index (χ1n) is 6.87. The number of nitrogens with zero attached hydrogens (tertiary/aromatic N) is 3. The Balaban J connectivity index is 1.85. The van der Waals surface area contributed by atoms with Crippen molar-refractivity contribution in [3.63, 3.8) is 0 Å². The van der Waals surface area contributed by atoms with Crippen molar-refractivity contribution in [3.05, 3.63) is 45.6 Å². The van der Waals surface area contributed by atoms with Crippen molar-refractivity contribution in [3.8, 4) is 0 Å². The van der Waals surface area contributed by atoms with Gasteiger partial charge in [0.15, 0.2) is 0 Å². The van der Waals surface area contributed by atoms with Crippen molar-refractivity contribution in [1.82, 2.24) is 5.32 Å². The Morgan fingerprint density at radius 2 is 2.00 bits per heavy atom. The first-order chi connectivity index (χ1) is 11.4. The summed E-state index contributed by atoms with van der Waals surface area (Å²) in [6.45, 7) is 1.57. The van der Waals surface area contributed by atoms with Gasteiger partial charge in [-0.25, -0.2) is 0 Å². The highest BCUT2D eigenvalue weighted by atomic mass is 16.6. The molecule has 0 bridgehead atoms. The minimum atomic E-state index is -0.883. The molecule has 2 amide bonds. The number of fused-ring (bicyclic) bond motifs is 1. The Hall–Kier alpha value is -3.56. The second-order valence-electron chi connectivity index (χ2n) is 5.19. The van der Waals surface area contributed by atoms with Gasteiger partial charge in [0.05, 0.1) is 16.2 Å². The van der Waals surface area contributed by atoms with Gasteiger partial charge in [-0.15, -0.1) is 5.10 Å². The van der Waals surface area contributed by atoms with Gasteiger partial charge in [-0.2, -0.15) is 5.10 Å². The first-order valence-corrected chi connectivity index (χ1v) is 6.87. The molecule has 0 aromatic heterocycles. The molecule has 2 aliphatic heterocycles. The molecule has 0 spiro atoms. The molecule has 10 nitrogen and oxygen atoms in total. The van der Waals surface area contributed by atoms with Gasteiger partial charge in [0.2, 0.25) is 5.91 Å². The van der Waals surface area contributed by atoms with E-state index in [1.54, 1.807) is 6.92 Å². The lowest BCUT2D eigenvalue weighted by molar-refractivity contribution is -0.384. The van der Waals surface area contributed by atoms with Crippen LogP contribution < -0.4 is 16.4 Å². The van der Waals surface area contributed by atoms with Crippen molar-refractivity contribution in [2.75, 3.05) is 5.32 Å². The Morgan fingerprint density at radius 3 is 2.62 bits per heavy atom. The van der Waals surface area contributed by atoms with E-state index in [2.05, 4.69) is 20.8 Å². The van der Waals surface area contributed by atoms with Gasteiger partial charge in [0.1, 0.15) is 11.8 Å². The number of allylic oxidation sites excluding steroid dienone is 1. The van der Waals surface area contributed by atoms with E-state index in [4.69, 9.17) is 5.73 Å². The number of anilines is 1. The molecule has 0 fully saturated rings. The fraction of sp³-hybridized carbons (Fsp3) is 0.143. The summed E-state index contributed by atoms with van der Waals surface area (Å²) in [5.74, 6) is -1.77. The van der Waals surface area contributed by atoms with Crippen molar-refractivity contribution < 1.29 is 14.5 Å². The molecule has 1 aromatic rings. The molecular weight excluding hydrogens is 316 g/mol. The standard InChI is InChI=1S/C14H12N6O4/c1-6-9(11-10(14(22)16-6)12(15)19-18-11)13(21)17-7-2-4-8(5-3-7)20(23)24/h2-5,10H,1H3,(H2,15,19)(H,16,22)(H,17,21). The first kappa shape index (κ1) is 15.3. The lowest BCUT2D eigenvalue weighted by Crippen LogP contribution is -2.47. The molecule has 2 heterocycles. The summed E-state index contributed by atoms with van der Waals surface area (Å²) in [5, 5.41) is 23.3. The molecular formula is C14H12N6O4. The molecule has 1 aromatic carbocycles. The summed E-state index contributed by atoms with van der Waals surface area (Å²) >= 11 is 0. The maximum absolute atomic E-state index is 12.5. The molecule has 4 N–H and O–H groups in total. The van der Waals surface area contributed by atoms with E-state index in [1.165, 1.54) is 24.3 Å². The van der Waals surface area contributed by atoms with E-state index in [0.717, 1.165) is 0 Å². The van der Waals surface area contributed by atoms with E-state index in [0.29, 0.717) is 11.4 Å². The number of non-ortho nitro benzene ring substituents is 1. The van der Waals surface area contributed by atoms with Crippen LogP contribution in [0.3, 0.4) is 0 Å². The molecule has 0 saturated carbocycles. The Morgan fingerprint density at radius 1 is 1.33 bits per heavy atom. The van der Waals surface area contributed by atoms with Crippen LogP contribution >= 0.6 is 0 Å². The number of nitro groups is 1. The van der Waals surface area contributed by atoms with Crippen LogP contribution in [0.2, 0.25) is 0 Å². The zero-order valence-electron chi connectivity index (χ0n) is 12.4. The monoisotopic (exact) mass is 328 g/mol. The van der Waals surface area contributed by atoms with E-state index in [9.17, 15) is 19.7 Å². The Kier molecular flexibility index (Phi) is 3.56. The Labute approximate surface area is 135 Å². The molecule has 1 unspecified atom stereocenters. The number of rotatable bonds is 3. The van der Waals surface area contributed by atoms with Crippen LogP contribution in [0, 0.1) is 16.0 Å². The topological polar surface area (TPSA) is 152 Å². The molecule has 0 radical (unpaired) electrons. The summed E-state index contributed by atoms with van der Waals surface area (Å²) in [5.41, 5.74) is 6.61. The van der Waals surface area contributed by atoms with Crippen molar-refractivity contribution in [1.29, 1.82) is 0 Å². The average molecular weight is 328 g/mol. The third-order valence-electron chi connectivity index (χ3n) is 3.61. The highest BCUT2D eigenvalue weighted by Gasteiger charge is 2.41. The number of carbonyl (C=O) groups is 2. The van der Waals surface area contributed by atoms with E-state index < -0.39 is 22.7 Å². The number of carbonyl (C=O) groups excluding carboxylic acids is 2. The molecule has 1 atom stereocenters. The van der Waals surface area contributed by atoms with E-state index >= 15 is 0 Å². The van der Waals surface area contributed by atoms with Gasteiger partial charge >= 0.3 is 0 Å². The summed E-state index contributed by atoms with van der Waals surface area (Å²) < 4.78 is 0. The van der Waals surface area contributed by atoms with Gasteiger partial charge in [-0.3, -0.25) is 19.7 Å². The normalized spacial score (nSPS) is 19.2. The largest absolute Gasteiger partial charge is 0.385 e. The summed E-state index contributed by atoms with van der Waals surface area (Å²) in [6.07, 6.45) is 0. The maximum Gasteiger partial charge on any atom is 0.269 e. The number of nitrogens with two attached hydrogens (primary N) is 1. The molecule has 3 rings (SSSR count). The molecule has 2 aliphatic rings. The second-order valence-corrected chi connectivity index (χ2v) is 5.19. The highest BCUT2D eigenvalue weighted by Crippen LogP contribution is 2.24. The third-order valence-corrected chi connectivity index (χ3v) is 3.61. The van der Waals surface area contributed by atoms with Crippen LogP contribution in [0.4, 0.5) is 11.4 Å². The Bertz CT molecular complexity index is 853. The number of hydrogen-bond donors (Lipinski definition) is 3. The smallest absolute Gasteiger partial charge is 0.269 e. The number of nitro benzene ring substituents is 1. The van der Waals surface area contributed by atoms with Crippen LogP contribution in [-0.2, 0) is 9.59 Å². The molecule has 122 valence electrons. The summed E-state index contributed by atoms with van der Waals surface area (Å²) in [4.78, 5) is 34.6. The number of hydrogen-bond acceptors (Lipinski definition) is 7. The van der Waals surface area contributed by atoms with Crippen LogP contribution in [0.15, 0.2) is 45.7 Å². The number of amidine groups is 1. The van der Waals surface area contributed by atoms with Crippen LogP contribution in [-0.4, -0.2) is 28.3 Å². The third kappa shape index (κ3) is 2.49. The molecule has 0 saturated heterocycles. The SMILES string of the molecule is CC1=C(C(=O)Nc2ccc([N+](=O)[O-])cc2)C2=NN=C(N)C2C(=O)N1. The lowest BCUT2D eigenvalue weighted by Gasteiger charge is -2.23. The van der Waals surface area contributed by atoms with Crippen molar-refractivity contribution >= 4 is 34.7 Å². The molecule has 0 aliphatic carbocycles. The van der Waals surface area contributed by atoms with Crippen molar-refractivity contribution in [2.45, 2.75) is 6.92 Å². The van der Waals surface area contributed by atoms with E-state index in [1.807, 2.05) is 0 Å². The maximum atomic E-state index is 12.5. The second kappa shape index (κ2) is 5.57. The van der Waals surface area contributed by atoms with Gasteiger partial charge in [0, 0.05) is 23.5 Å². The number of nitrogens with one attached hydrogen (secondary N) is 2. The highest BCUT2D eigenvalue weighted by molar-refractivity contribution is 6.38. The van der Waals surface area contributed by atoms with Crippen LogP contribution in [0.25, 0.3) is 0 Å². The van der Waals surface area contributed by atoms with Gasteiger partial charge < -0.3 is 16.4 Å². The zero-order valence-corrected chi connectivity index (χ0v) is 12.4. The van der Waals surface area contributed by atoms with Crippen LogP contribution in [0.1, 0.15) is 6.92 Å². The van der Waals surface area contributed by atoms with Gasteiger partial charge in [0.25, 0.3) is 11.6 Å². The molecule has 10 heteroatoms. The fourth-order valence-corrected chi connectivity index (χ4v) is 2.48. The minimum Gasteiger partial charge on any atom is -0.385 e. The van der Waals surface area contributed by atoms with Gasteiger partial charge in [-0.1, -0.05) is 0 Å².